The third-order valence-corrected chi connectivity index (χ3v) is 6.70. The monoisotopic (exact) mass is 487 g/mol. The van der Waals surface area contributed by atoms with E-state index >= 15 is 0 Å². The molecular formula is C27H25N3O4S. The van der Waals surface area contributed by atoms with Crippen LogP contribution in [0.1, 0.15) is 18.4 Å². The number of methoxy groups -OCH3 is 2. The molecule has 2 aliphatic heterocycles. The van der Waals surface area contributed by atoms with Gasteiger partial charge in [-0.15, -0.1) is 0 Å². The third kappa shape index (κ3) is 4.10. The molecule has 0 spiro atoms. The summed E-state index contributed by atoms with van der Waals surface area (Å²) in [6.07, 6.45) is 4.00. The number of nitrogens with zero attached hydrogens (tertiary/aromatic N) is 2. The van der Waals surface area contributed by atoms with Crippen molar-refractivity contribution in [2.45, 2.75) is 12.8 Å². The van der Waals surface area contributed by atoms with Crippen LogP contribution in [0, 0.1) is 0 Å². The minimum atomic E-state index is -0.531. The van der Waals surface area contributed by atoms with E-state index < -0.39 is 11.8 Å². The minimum absolute atomic E-state index is 0.00412. The first kappa shape index (κ1) is 22.9. The van der Waals surface area contributed by atoms with Gasteiger partial charge < -0.3 is 14.4 Å². The molecule has 0 atom stereocenters. The van der Waals surface area contributed by atoms with Gasteiger partial charge in [0.2, 0.25) is 0 Å². The number of fused-ring (bicyclic) bond motifs is 1. The molecule has 0 radical (unpaired) electrons. The Morgan fingerprint density at radius 1 is 0.914 bits per heavy atom. The average Bonchev–Trinajstić information content (AvgIpc) is 3.41. The molecule has 2 fully saturated rings. The first-order chi connectivity index (χ1) is 17.0. The Morgan fingerprint density at radius 3 is 2.34 bits per heavy atom. The lowest BCUT2D eigenvalue weighted by atomic mass is 9.99. The standard InChI is InChI=1S/C27H25N3O4S/c1-33-18-10-12-23(24(16-18)34-2)30-26(32)21(25(31)28-27(30)35)15-17-9-11-22(29-13-5-6-14-29)20-8-4-3-7-19(17)20/h3-4,7-12,15-16H,5-6,13-14H2,1-2H3,(H,28,31,35)/b21-15+. The van der Waals surface area contributed by atoms with Gasteiger partial charge in [-0.05, 0) is 60.3 Å². The molecule has 8 heteroatoms. The van der Waals surface area contributed by atoms with Crippen molar-refractivity contribution < 1.29 is 19.1 Å². The van der Waals surface area contributed by atoms with E-state index in [2.05, 4.69) is 22.3 Å². The van der Waals surface area contributed by atoms with Gasteiger partial charge in [-0.25, -0.2) is 4.90 Å². The molecule has 3 aromatic rings. The van der Waals surface area contributed by atoms with Crippen LogP contribution in [0.25, 0.3) is 16.8 Å². The van der Waals surface area contributed by atoms with Crippen molar-refractivity contribution in [1.29, 1.82) is 0 Å². The molecule has 3 aromatic carbocycles. The Hall–Kier alpha value is -3.91. The molecule has 0 aromatic heterocycles. The summed E-state index contributed by atoms with van der Waals surface area (Å²) < 4.78 is 10.7. The quantitative estimate of drug-likeness (QED) is 0.329. The molecule has 2 amide bonds. The van der Waals surface area contributed by atoms with Crippen LogP contribution in [-0.2, 0) is 9.59 Å². The van der Waals surface area contributed by atoms with Gasteiger partial charge in [0.1, 0.15) is 17.1 Å². The molecule has 0 bridgehead atoms. The maximum Gasteiger partial charge on any atom is 0.270 e. The summed E-state index contributed by atoms with van der Waals surface area (Å²) in [6.45, 7) is 2.06. The van der Waals surface area contributed by atoms with E-state index in [0.717, 1.165) is 29.4 Å². The fourth-order valence-electron chi connectivity index (χ4n) is 4.67. The number of rotatable bonds is 5. The summed E-state index contributed by atoms with van der Waals surface area (Å²) in [5.41, 5.74) is 2.38. The van der Waals surface area contributed by atoms with E-state index in [1.54, 1.807) is 31.4 Å². The lowest BCUT2D eigenvalue weighted by Gasteiger charge is -2.30. The number of ether oxygens (including phenoxy) is 2. The predicted molar refractivity (Wildman–Crippen MR) is 141 cm³/mol. The second-order valence-electron chi connectivity index (χ2n) is 8.41. The van der Waals surface area contributed by atoms with E-state index in [0.29, 0.717) is 17.2 Å². The Kier molecular flexibility index (Phi) is 6.13. The normalized spacial score (nSPS) is 17.3. The van der Waals surface area contributed by atoms with Crippen molar-refractivity contribution in [3.8, 4) is 11.5 Å². The van der Waals surface area contributed by atoms with Gasteiger partial charge in [0.15, 0.2) is 5.11 Å². The number of hydrogen-bond acceptors (Lipinski definition) is 6. The molecule has 35 heavy (non-hydrogen) atoms. The summed E-state index contributed by atoms with van der Waals surface area (Å²) in [4.78, 5) is 30.2. The summed E-state index contributed by atoms with van der Waals surface area (Å²) in [5, 5.41) is 4.71. The second kappa shape index (κ2) is 9.38. The highest BCUT2D eigenvalue weighted by Gasteiger charge is 2.36. The SMILES string of the molecule is COc1ccc(N2C(=O)/C(=C/c3ccc(N4CCCC4)c4ccccc34)C(=O)NC2=S)c(OC)c1. The van der Waals surface area contributed by atoms with Crippen LogP contribution in [0.4, 0.5) is 11.4 Å². The summed E-state index contributed by atoms with van der Waals surface area (Å²) in [7, 11) is 3.05. The molecule has 0 aliphatic carbocycles. The molecule has 0 saturated carbocycles. The van der Waals surface area contributed by atoms with Crippen molar-refractivity contribution >= 4 is 57.4 Å². The zero-order chi connectivity index (χ0) is 24.5. The highest BCUT2D eigenvalue weighted by atomic mass is 32.1. The van der Waals surface area contributed by atoms with Crippen LogP contribution in [0.3, 0.4) is 0 Å². The number of carbonyl (C=O) groups excluding carboxylic acids is 2. The van der Waals surface area contributed by atoms with Gasteiger partial charge in [0.05, 0.1) is 19.9 Å². The fraction of sp³-hybridized carbons (Fsp3) is 0.222. The number of benzene rings is 3. The first-order valence-electron chi connectivity index (χ1n) is 11.4. The molecular weight excluding hydrogens is 462 g/mol. The van der Waals surface area contributed by atoms with E-state index in [-0.39, 0.29) is 10.7 Å². The van der Waals surface area contributed by atoms with Gasteiger partial charge in [0.25, 0.3) is 11.8 Å². The van der Waals surface area contributed by atoms with Crippen LogP contribution < -0.4 is 24.6 Å². The van der Waals surface area contributed by atoms with Gasteiger partial charge in [-0.2, -0.15) is 0 Å². The number of anilines is 2. The van der Waals surface area contributed by atoms with Gasteiger partial charge >= 0.3 is 0 Å². The molecule has 5 rings (SSSR count). The largest absolute Gasteiger partial charge is 0.497 e. The molecule has 2 saturated heterocycles. The first-order valence-corrected chi connectivity index (χ1v) is 11.8. The highest BCUT2D eigenvalue weighted by Crippen LogP contribution is 2.36. The predicted octanol–water partition coefficient (Wildman–Crippen LogP) is 4.29. The lowest BCUT2D eigenvalue weighted by molar-refractivity contribution is -0.122. The van der Waals surface area contributed by atoms with Crippen LogP contribution in [0.5, 0.6) is 11.5 Å². The van der Waals surface area contributed by atoms with Crippen molar-refractivity contribution in [3.63, 3.8) is 0 Å². The molecule has 178 valence electrons. The number of hydrogen-bond donors (Lipinski definition) is 1. The maximum atomic E-state index is 13.6. The fourth-order valence-corrected chi connectivity index (χ4v) is 4.94. The number of carbonyl (C=O) groups is 2. The topological polar surface area (TPSA) is 71.1 Å². The van der Waals surface area contributed by atoms with Gasteiger partial charge in [-0.1, -0.05) is 30.3 Å². The number of nitrogens with one attached hydrogen (secondary N) is 1. The Labute approximate surface area is 208 Å². The third-order valence-electron chi connectivity index (χ3n) is 6.41. The summed E-state index contributed by atoms with van der Waals surface area (Å²) in [5.74, 6) is -0.0762. The Morgan fingerprint density at radius 2 is 1.63 bits per heavy atom. The van der Waals surface area contributed by atoms with E-state index in [1.165, 1.54) is 30.5 Å². The van der Waals surface area contributed by atoms with Crippen LogP contribution in [0.15, 0.2) is 60.2 Å². The molecule has 7 nitrogen and oxygen atoms in total. The summed E-state index contributed by atoms with van der Waals surface area (Å²) in [6, 6.07) is 17.1. The molecule has 1 N–H and O–H groups in total. The zero-order valence-electron chi connectivity index (χ0n) is 19.5. The number of amides is 2. The molecule has 2 aliphatic rings. The van der Waals surface area contributed by atoms with Crippen molar-refractivity contribution in [2.24, 2.45) is 0 Å². The Balaban J connectivity index is 1.58. The van der Waals surface area contributed by atoms with E-state index in [4.69, 9.17) is 21.7 Å². The maximum absolute atomic E-state index is 13.6. The Bertz CT molecular complexity index is 1380. The van der Waals surface area contributed by atoms with Crippen LogP contribution in [-0.4, -0.2) is 44.2 Å². The van der Waals surface area contributed by atoms with E-state index in [9.17, 15) is 9.59 Å². The highest BCUT2D eigenvalue weighted by molar-refractivity contribution is 7.80. The smallest absolute Gasteiger partial charge is 0.270 e. The van der Waals surface area contributed by atoms with E-state index in [1.807, 2.05) is 24.3 Å². The summed E-state index contributed by atoms with van der Waals surface area (Å²) >= 11 is 5.36. The minimum Gasteiger partial charge on any atom is -0.497 e. The zero-order valence-corrected chi connectivity index (χ0v) is 20.4. The number of thiocarbonyl (C=S) groups is 1. The molecule has 2 heterocycles. The molecule has 0 unspecified atom stereocenters. The van der Waals surface area contributed by atoms with Crippen molar-refractivity contribution in [2.75, 3.05) is 37.1 Å². The second-order valence-corrected chi connectivity index (χ2v) is 8.80. The van der Waals surface area contributed by atoms with Crippen LogP contribution >= 0.6 is 12.2 Å². The van der Waals surface area contributed by atoms with Gasteiger partial charge in [-0.3, -0.25) is 14.9 Å². The van der Waals surface area contributed by atoms with Gasteiger partial charge in [0, 0.05) is 30.2 Å². The lowest BCUT2D eigenvalue weighted by Crippen LogP contribution is -2.54. The van der Waals surface area contributed by atoms with Crippen molar-refractivity contribution in [1.82, 2.24) is 5.32 Å². The average molecular weight is 488 g/mol. The van der Waals surface area contributed by atoms with Crippen LogP contribution in [0.2, 0.25) is 0 Å². The van der Waals surface area contributed by atoms with Crippen molar-refractivity contribution in [3.05, 3.63) is 65.7 Å².